The van der Waals surface area contributed by atoms with Crippen molar-refractivity contribution in [3.63, 3.8) is 0 Å². The lowest BCUT2D eigenvalue weighted by molar-refractivity contribution is 0.553. The van der Waals surface area contributed by atoms with Crippen LogP contribution in [0.15, 0.2) is 88.5 Å². The smallest absolute Gasteiger partial charge is 0.333 e. The topological polar surface area (TPSA) is 119 Å². The summed E-state index contributed by atoms with van der Waals surface area (Å²) in [4.78, 5) is 34.4. The number of imidazole rings is 1. The Morgan fingerprint density at radius 2 is 1.61 bits per heavy atom. The van der Waals surface area contributed by atoms with Crippen molar-refractivity contribution in [1.29, 1.82) is 0 Å². The quantitative estimate of drug-likeness (QED) is 0.242. The van der Waals surface area contributed by atoms with Crippen LogP contribution in [0.25, 0.3) is 11.2 Å². The van der Waals surface area contributed by atoms with Crippen LogP contribution in [0.3, 0.4) is 0 Å². The summed E-state index contributed by atoms with van der Waals surface area (Å²) in [6, 6.07) is 21.9. The Kier molecular flexibility index (Phi) is 8.16. The summed E-state index contributed by atoms with van der Waals surface area (Å²) in [5, 5.41) is 0. The number of hydrogen-bond acceptors (Lipinski definition) is 5. The number of H-pyrrole nitrogens is 1. The summed E-state index contributed by atoms with van der Waals surface area (Å²) < 4.78 is 44.6. The normalized spacial score (nSPS) is 11.7. The van der Waals surface area contributed by atoms with E-state index < -0.39 is 27.1 Å². The van der Waals surface area contributed by atoms with Crippen LogP contribution in [-0.2, 0) is 35.3 Å². The molecule has 2 heterocycles. The Balaban J connectivity index is 1.40. The Hall–Kier alpha value is -4.51. The molecule has 0 amide bonds. The number of sulfonamides is 1. The number of anilines is 1. The molecule has 11 heteroatoms. The van der Waals surface area contributed by atoms with Crippen molar-refractivity contribution in [2.24, 2.45) is 0 Å². The number of nitrogens with one attached hydrogen (secondary N) is 2. The number of aromatic amines is 1. The molecule has 2 N–H and O–H groups in total. The first kappa shape index (κ1) is 28.0. The van der Waals surface area contributed by atoms with Crippen molar-refractivity contribution in [1.82, 2.24) is 19.1 Å². The molecule has 3 aromatic carbocycles. The van der Waals surface area contributed by atoms with Gasteiger partial charge in [-0.15, -0.1) is 0 Å². The summed E-state index contributed by atoms with van der Waals surface area (Å²) in [5.74, 6) is -0.152. The second-order valence-electron chi connectivity index (χ2n) is 9.87. The minimum atomic E-state index is -3.59. The molecule has 0 saturated carbocycles. The molecule has 5 rings (SSSR count). The fourth-order valence-electron chi connectivity index (χ4n) is 4.65. The largest absolute Gasteiger partial charge is 0.336 e. The van der Waals surface area contributed by atoms with Gasteiger partial charge >= 0.3 is 5.69 Å². The maximum atomic E-state index is 14.3. The van der Waals surface area contributed by atoms with Gasteiger partial charge in [0.15, 0.2) is 5.65 Å². The molecule has 2 aromatic heterocycles. The molecule has 9 nitrogen and oxygen atoms in total. The first-order valence-electron chi connectivity index (χ1n) is 13.3. The van der Waals surface area contributed by atoms with Gasteiger partial charge < -0.3 is 4.98 Å². The fraction of sp³-hybridized carbons (Fsp3) is 0.233. The summed E-state index contributed by atoms with van der Waals surface area (Å²) in [5.41, 5.74) is 1.52. The highest BCUT2D eigenvalue weighted by Crippen LogP contribution is 2.17. The summed E-state index contributed by atoms with van der Waals surface area (Å²) in [7, 11) is -3.59. The Labute approximate surface area is 236 Å². The second kappa shape index (κ2) is 11.9. The molecule has 0 saturated heterocycles. The van der Waals surface area contributed by atoms with E-state index in [1.807, 2.05) is 13.0 Å². The van der Waals surface area contributed by atoms with Crippen LogP contribution in [0.4, 0.5) is 10.1 Å². The lowest BCUT2D eigenvalue weighted by atomic mass is 10.1. The third-order valence-corrected chi connectivity index (χ3v) is 7.99. The fourth-order valence-corrected chi connectivity index (χ4v) is 5.84. The Morgan fingerprint density at radius 3 is 2.32 bits per heavy atom. The van der Waals surface area contributed by atoms with Crippen molar-refractivity contribution >= 4 is 26.9 Å². The van der Waals surface area contributed by atoms with Gasteiger partial charge in [-0.2, -0.15) is 0 Å². The van der Waals surface area contributed by atoms with E-state index in [-0.39, 0.29) is 29.0 Å². The third kappa shape index (κ3) is 6.46. The van der Waals surface area contributed by atoms with Crippen molar-refractivity contribution < 1.29 is 12.8 Å². The highest BCUT2D eigenvalue weighted by Gasteiger charge is 2.19. The standard InChI is InChI=1S/C30H30FN5O4S/c1-2-3-17-35-28-27(29(37)36(30(35)38)19-23-11-7-8-12-25(23)31)32-26(33-28)18-21-13-15-24(16-14-21)34-41(39,40)20-22-9-5-4-6-10-22/h4-16,34H,2-3,17-20H2,1H3,(H,32,33). The molecule has 5 aromatic rings. The van der Waals surface area contributed by atoms with E-state index in [9.17, 15) is 22.4 Å². The molecule has 0 radical (unpaired) electrons. The molecule has 0 aliphatic heterocycles. The van der Waals surface area contributed by atoms with Gasteiger partial charge in [0.25, 0.3) is 5.56 Å². The van der Waals surface area contributed by atoms with Gasteiger partial charge in [0.1, 0.15) is 17.2 Å². The van der Waals surface area contributed by atoms with Gasteiger partial charge in [-0.05, 0) is 35.7 Å². The maximum Gasteiger partial charge on any atom is 0.333 e. The van der Waals surface area contributed by atoms with Crippen molar-refractivity contribution in [2.75, 3.05) is 4.72 Å². The molecule has 0 bridgehead atoms. The number of halogens is 1. The molecule has 41 heavy (non-hydrogen) atoms. The van der Waals surface area contributed by atoms with Crippen molar-refractivity contribution in [3.8, 4) is 0 Å². The zero-order valence-electron chi connectivity index (χ0n) is 22.5. The number of benzene rings is 3. The third-order valence-electron chi connectivity index (χ3n) is 6.73. The van der Waals surface area contributed by atoms with Crippen molar-refractivity contribution in [2.45, 2.75) is 45.0 Å². The second-order valence-corrected chi connectivity index (χ2v) is 11.6. The Morgan fingerprint density at radius 1 is 0.902 bits per heavy atom. The molecule has 0 fully saturated rings. The maximum absolute atomic E-state index is 14.3. The molecule has 0 aliphatic rings. The number of aromatic nitrogens is 4. The lowest BCUT2D eigenvalue weighted by Gasteiger charge is -2.11. The van der Waals surface area contributed by atoms with E-state index >= 15 is 0 Å². The lowest BCUT2D eigenvalue weighted by Crippen LogP contribution is -2.40. The number of nitrogens with zero attached hydrogens (tertiary/aromatic N) is 3. The van der Waals surface area contributed by atoms with E-state index in [1.165, 1.54) is 10.6 Å². The van der Waals surface area contributed by atoms with Gasteiger partial charge in [-0.25, -0.2) is 22.6 Å². The van der Waals surface area contributed by atoms with Crippen LogP contribution in [0, 0.1) is 5.82 Å². The van der Waals surface area contributed by atoms with Gasteiger partial charge in [0.2, 0.25) is 10.0 Å². The van der Waals surface area contributed by atoms with Crippen LogP contribution in [0.5, 0.6) is 0 Å². The molecule has 0 aliphatic carbocycles. The van der Waals surface area contributed by atoms with E-state index in [2.05, 4.69) is 14.7 Å². The molecular weight excluding hydrogens is 545 g/mol. The first-order valence-corrected chi connectivity index (χ1v) is 15.0. The van der Waals surface area contributed by atoms with E-state index in [1.54, 1.807) is 66.7 Å². The van der Waals surface area contributed by atoms with Gasteiger partial charge in [0, 0.05) is 24.2 Å². The van der Waals surface area contributed by atoms with E-state index in [0.29, 0.717) is 36.5 Å². The zero-order chi connectivity index (χ0) is 29.0. The molecular formula is C30H30FN5O4S. The minimum Gasteiger partial charge on any atom is -0.336 e. The zero-order valence-corrected chi connectivity index (χ0v) is 23.3. The predicted octanol–water partition coefficient (Wildman–Crippen LogP) is 4.41. The molecule has 212 valence electrons. The number of aryl methyl sites for hydroxylation is 1. The molecule has 0 spiro atoms. The Bertz CT molecular complexity index is 1900. The number of rotatable bonds is 11. The number of unbranched alkanes of at least 4 members (excludes halogenated alkanes) is 1. The first-order chi connectivity index (χ1) is 19.7. The minimum absolute atomic E-state index is 0.136. The van der Waals surface area contributed by atoms with Gasteiger partial charge in [-0.1, -0.05) is 74.0 Å². The van der Waals surface area contributed by atoms with Crippen molar-refractivity contribution in [3.05, 3.63) is 128 Å². The van der Waals surface area contributed by atoms with E-state index in [4.69, 9.17) is 0 Å². The van der Waals surface area contributed by atoms with Gasteiger partial charge in [-0.3, -0.25) is 18.7 Å². The van der Waals surface area contributed by atoms with E-state index in [0.717, 1.165) is 16.6 Å². The number of fused-ring (bicyclic) bond motifs is 1. The van der Waals surface area contributed by atoms with Crippen LogP contribution >= 0.6 is 0 Å². The number of hydrogen-bond donors (Lipinski definition) is 2. The van der Waals surface area contributed by atoms with Crippen LogP contribution in [0.2, 0.25) is 0 Å². The summed E-state index contributed by atoms with van der Waals surface area (Å²) >= 11 is 0. The van der Waals surface area contributed by atoms with Crippen LogP contribution in [-0.4, -0.2) is 27.5 Å². The monoisotopic (exact) mass is 575 g/mol. The summed E-state index contributed by atoms with van der Waals surface area (Å²) in [6.07, 6.45) is 1.86. The average molecular weight is 576 g/mol. The summed E-state index contributed by atoms with van der Waals surface area (Å²) in [6.45, 7) is 2.17. The highest BCUT2D eigenvalue weighted by atomic mass is 32.2. The van der Waals surface area contributed by atoms with Crippen LogP contribution in [0.1, 0.15) is 42.3 Å². The van der Waals surface area contributed by atoms with Crippen LogP contribution < -0.4 is 16.0 Å². The van der Waals surface area contributed by atoms with Gasteiger partial charge in [0.05, 0.1) is 12.3 Å². The highest BCUT2D eigenvalue weighted by molar-refractivity contribution is 7.91. The molecule has 0 atom stereocenters. The SMILES string of the molecule is CCCCn1c(=O)n(Cc2ccccc2F)c(=O)c2[nH]c(Cc3ccc(NS(=O)(=O)Cc4ccccc4)cc3)nc21. The molecule has 0 unspecified atom stereocenters. The predicted molar refractivity (Wildman–Crippen MR) is 157 cm³/mol. The average Bonchev–Trinajstić information content (AvgIpc) is 3.37.